The van der Waals surface area contributed by atoms with Gasteiger partial charge >= 0.3 is 6.18 Å². The fraction of sp³-hybridized carbons (Fsp3) is 0.583. The van der Waals surface area contributed by atoms with E-state index in [-0.39, 0.29) is 22.8 Å². The molecule has 2 fully saturated rings. The lowest BCUT2D eigenvalue weighted by Crippen LogP contribution is -2.37. The van der Waals surface area contributed by atoms with Crippen LogP contribution in [0.15, 0.2) is 23.1 Å². The minimum Gasteiger partial charge on any atom is -0.346 e. The van der Waals surface area contributed by atoms with Crippen molar-refractivity contribution in [1.29, 1.82) is 0 Å². The predicted octanol–water partition coefficient (Wildman–Crippen LogP) is 3.75. The van der Waals surface area contributed by atoms with Crippen molar-refractivity contribution in [1.82, 2.24) is 35.5 Å². The zero-order valence-electron chi connectivity index (χ0n) is 20.8. The number of nitrogens with zero attached hydrogens (tertiary/aromatic N) is 5. The van der Waals surface area contributed by atoms with Gasteiger partial charge in [0.1, 0.15) is 12.2 Å². The van der Waals surface area contributed by atoms with E-state index >= 15 is 0 Å². The summed E-state index contributed by atoms with van der Waals surface area (Å²) in [6.45, 7) is -0.0445. The third kappa shape index (κ3) is 6.33. The molecule has 39 heavy (non-hydrogen) atoms. The van der Waals surface area contributed by atoms with Crippen LogP contribution >= 0.6 is 0 Å². The van der Waals surface area contributed by atoms with Crippen LogP contribution in [0.25, 0.3) is 5.65 Å². The summed E-state index contributed by atoms with van der Waals surface area (Å²) in [5.41, 5.74) is 1.07. The van der Waals surface area contributed by atoms with Crippen molar-refractivity contribution in [2.75, 3.05) is 6.54 Å². The third-order valence-electron chi connectivity index (χ3n) is 7.15. The molecular weight excluding hydrogens is 529 g/mol. The van der Waals surface area contributed by atoms with Gasteiger partial charge in [0, 0.05) is 6.42 Å². The molecule has 2 aliphatic carbocycles. The van der Waals surface area contributed by atoms with E-state index in [0.717, 1.165) is 31.9 Å². The van der Waals surface area contributed by atoms with Gasteiger partial charge in [-0.15, -0.1) is 0 Å². The summed E-state index contributed by atoms with van der Waals surface area (Å²) in [6.07, 6.45) is -1.74. The molecule has 0 spiro atoms. The maximum Gasteiger partial charge on any atom is 0.405 e. The number of aryl methyl sites for hydroxylation is 1. The van der Waals surface area contributed by atoms with E-state index in [4.69, 9.17) is 0 Å². The van der Waals surface area contributed by atoms with Gasteiger partial charge in [-0.3, -0.25) is 9.59 Å². The number of rotatable bonds is 11. The fourth-order valence-corrected chi connectivity index (χ4v) is 5.04. The normalized spacial score (nSPS) is 17.5. The second kappa shape index (κ2) is 10.5. The largest absolute Gasteiger partial charge is 0.405 e. The minimum absolute atomic E-state index is 0.00504. The van der Waals surface area contributed by atoms with Crippen molar-refractivity contribution < 1.29 is 36.2 Å². The summed E-state index contributed by atoms with van der Waals surface area (Å²) in [5, 5.41) is 16.2. The van der Waals surface area contributed by atoms with Crippen molar-refractivity contribution in [3.05, 3.63) is 41.1 Å². The fourth-order valence-electron chi connectivity index (χ4n) is 5.04. The lowest BCUT2D eigenvalue weighted by Gasteiger charge is -2.26. The maximum absolute atomic E-state index is 13.2. The van der Waals surface area contributed by atoms with Crippen LogP contribution in [0.1, 0.15) is 71.5 Å². The standard InChI is InChI=1S/C24H26F5N7O3/c1-11-20(35-39-34-11)23(38)33-21(19(12-2-3-12)13-4-5-13)16-9-36-18(32-16)6-14(8-31-36)15(7-17(25)26)22(37)30-10-24(27,28)29/h6,8-9,12-13,15,17,19,21H,2-5,7,10H2,1H3,(H,30,37)(H,33,38). The Labute approximate surface area is 218 Å². The van der Waals surface area contributed by atoms with Crippen molar-refractivity contribution >= 4 is 17.5 Å². The van der Waals surface area contributed by atoms with Crippen LogP contribution in [0.5, 0.6) is 0 Å². The maximum atomic E-state index is 13.2. The van der Waals surface area contributed by atoms with Crippen LogP contribution in [0.2, 0.25) is 0 Å². The number of alkyl halides is 5. The Hall–Kier alpha value is -3.65. The molecule has 2 saturated carbocycles. The monoisotopic (exact) mass is 555 g/mol. The molecule has 0 bridgehead atoms. The van der Waals surface area contributed by atoms with Gasteiger partial charge in [-0.25, -0.2) is 22.9 Å². The Morgan fingerprint density at radius 1 is 1.15 bits per heavy atom. The number of carbonyl (C=O) groups is 2. The van der Waals surface area contributed by atoms with Crippen molar-refractivity contribution in [3.63, 3.8) is 0 Å². The molecule has 2 atom stereocenters. The topological polar surface area (TPSA) is 127 Å². The van der Waals surface area contributed by atoms with E-state index in [1.807, 2.05) is 0 Å². The molecule has 2 amide bonds. The number of hydrogen-bond donors (Lipinski definition) is 2. The van der Waals surface area contributed by atoms with Crippen molar-refractivity contribution in [2.24, 2.45) is 17.8 Å². The van der Waals surface area contributed by atoms with E-state index < -0.39 is 49.3 Å². The molecule has 10 nitrogen and oxygen atoms in total. The number of fused-ring (bicyclic) bond motifs is 1. The molecule has 5 rings (SSSR count). The minimum atomic E-state index is -4.69. The van der Waals surface area contributed by atoms with Gasteiger partial charge in [-0.1, -0.05) is 5.16 Å². The van der Waals surface area contributed by atoms with Crippen LogP contribution < -0.4 is 10.6 Å². The highest BCUT2D eigenvalue weighted by Crippen LogP contribution is 2.54. The summed E-state index contributed by atoms with van der Waals surface area (Å²) in [7, 11) is 0. The Morgan fingerprint density at radius 3 is 2.41 bits per heavy atom. The molecule has 0 aromatic carbocycles. The first-order valence-electron chi connectivity index (χ1n) is 12.6. The lowest BCUT2D eigenvalue weighted by molar-refractivity contribution is -0.139. The third-order valence-corrected chi connectivity index (χ3v) is 7.15. The molecule has 0 aliphatic heterocycles. The average molecular weight is 556 g/mol. The number of amides is 2. The second-order valence-corrected chi connectivity index (χ2v) is 10.2. The molecule has 0 radical (unpaired) electrons. The smallest absolute Gasteiger partial charge is 0.346 e. The Kier molecular flexibility index (Phi) is 7.25. The van der Waals surface area contributed by atoms with E-state index in [1.54, 1.807) is 18.4 Å². The van der Waals surface area contributed by atoms with Gasteiger partial charge < -0.3 is 10.6 Å². The number of hydrogen-bond acceptors (Lipinski definition) is 7. The van der Waals surface area contributed by atoms with E-state index in [9.17, 15) is 31.5 Å². The zero-order chi connectivity index (χ0) is 27.9. The van der Waals surface area contributed by atoms with Gasteiger partial charge in [-0.05, 0) is 67.1 Å². The highest BCUT2D eigenvalue weighted by molar-refractivity contribution is 5.93. The molecule has 2 aliphatic rings. The van der Waals surface area contributed by atoms with Gasteiger partial charge in [0.25, 0.3) is 5.91 Å². The van der Waals surface area contributed by atoms with Gasteiger partial charge in [0.15, 0.2) is 11.3 Å². The SMILES string of the molecule is Cc1nonc1C(=O)NC(c1cn2ncc(C(CC(F)F)C(=O)NCC(F)(F)F)cc2n1)C(C1CC1)C1CC1. The van der Waals surface area contributed by atoms with E-state index in [0.29, 0.717) is 23.2 Å². The highest BCUT2D eigenvalue weighted by Gasteiger charge is 2.47. The number of halogens is 5. The summed E-state index contributed by atoms with van der Waals surface area (Å²) in [6, 6.07) is 0.843. The predicted molar refractivity (Wildman–Crippen MR) is 124 cm³/mol. The summed E-state index contributed by atoms with van der Waals surface area (Å²) < 4.78 is 70.3. The molecule has 2 N–H and O–H groups in total. The van der Waals surface area contributed by atoms with E-state index in [2.05, 4.69) is 30.3 Å². The zero-order valence-corrected chi connectivity index (χ0v) is 20.8. The van der Waals surface area contributed by atoms with Crippen LogP contribution in [0.3, 0.4) is 0 Å². The first-order chi connectivity index (χ1) is 18.5. The summed E-state index contributed by atoms with van der Waals surface area (Å²) in [5.74, 6) is -2.31. The van der Waals surface area contributed by atoms with Gasteiger partial charge in [-0.2, -0.15) is 18.3 Å². The summed E-state index contributed by atoms with van der Waals surface area (Å²) >= 11 is 0. The number of carbonyl (C=O) groups excluding carboxylic acids is 2. The van der Waals surface area contributed by atoms with Crippen LogP contribution in [0, 0.1) is 24.7 Å². The summed E-state index contributed by atoms with van der Waals surface area (Å²) in [4.78, 5) is 30.1. The average Bonchev–Trinajstić information content (AvgIpc) is 3.80. The van der Waals surface area contributed by atoms with Crippen molar-refractivity contribution in [2.45, 2.75) is 63.6 Å². The van der Waals surface area contributed by atoms with Crippen LogP contribution in [-0.4, -0.2) is 55.9 Å². The second-order valence-electron chi connectivity index (χ2n) is 10.2. The van der Waals surface area contributed by atoms with Crippen molar-refractivity contribution in [3.8, 4) is 0 Å². The first kappa shape index (κ1) is 26.9. The molecule has 2 unspecified atom stereocenters. The number of imidazole rings is 1. The Balaban J connectivity index is 1.45. The lowest BCUT2D eigenvalue weighted by atomic mass is 9.87. The van der Waals surface area contributed by atoms with Crippen LogP contribution in [-0.2, 0) is 4.79 Å². The highest BCUT2D eigenvalue weighted by atomic mass is 19.4. The Morgan fingerprint density at radius 2 is 1.85 bits per heavy atom. The molecule has 3 heterocycles. The van der Waals surface area contributed by atoms with Crippen LogP contribution in [0.4, 0.5) is 22.0 Å². The molecular formula is C24H26F5N7O3. The molecule has 15 heteroatoms. The molecule has 3 aromatic heterocycles. The molecule has 0 saturated heterocycles. The number of nitrogens with one attached hydrogen (secondary N) is 2. The molecule has 3 aromatic rings. The number of aromatic nitrogens is 5. The van der Waals surface area contributed by atoms with Gasteiger partial charge in [0.05, 0.1) is 30.0 Å². The molecule has 210 valence electrons. The van der Waals surface area contributed by atoms with E-state index in [1.165, 1.54) is 10.6 Å². The Bertz CT molecular complexity index is 1340. The first-order valence-corrected chi connectivity index (χ1v) is 12.6. The van der Waals surface area contributed by atoms with Gasteiger partial charge in [0.2, 0.25) is 12.3 Å². The quantitative estimate of drug-likeness (QED) is 0.345.